The first-order chi connectivity index (χ1) is 15.8. The Morgan fingerprint density at radius 2 is 1.85 bits per heavy atom. The van der Waals surface area contributed by atoms with Gasteiger partial charge < -0.3 is 10.1 Å². The predicted molar refractivity (Wildman–Crippen MR) is 135 cm³/mol. The van der Waals surface area contributed by atoms with Crippen molar-refractivity contribution in [3.63, 3.8) is 0 Å². The second-order valence-electron chi connectivity index (χ2n) is 7.62. The molecular weight excluding hydrogens is 455 g/mol. The van der Waals surface area contributed by atoms with Crippen LogP contribution in [0.5, 0.6) is 5.75 Å². The van der Waals surface area contributed by atoms with Gasteiger partial charge in [-0.15, -0.1) is 0 Å². The summed E-state index contributed by atoms with van der Waals surface area (Å²) in [5.74, 6) is 0.0990. The van der Waals surface area contributed by atoms with E-state index in [1.165, 1.54) is 6.08 Å². The van der Waals surface area contributed by atoms with Gasteiger partial charge >= 0.3 is 0 Å². The third-order valence-electron chi connectivity index (χ3n) is 5.11. The van der Waals surface area contributed by atoms with E-state index in [0.717, 1.165) is 22.3 Å². The van der Waals surface area contributed by atoms with E-state index in [4.69, 9.17) is 27.9 Å². The minimum absolute atomic E-state index is 0.0349. The fourth-order valence-corrected chi connectivity index (χ4v) is 3.95. The van der Waals surface area contributed by atoms with Crippen molar-refractivity contribution in [1.82, 2.24) is 0 Å². The molecule has 168 valence electrons. The van der Waals surface area contributed by atoms with Crippen molar-refractivity contribution in [2.24, 2.45) is 0 Å². The van der Waals surface area contributed by atoms with Gasteiger partial charge in [0.2, 0.25) is 0 Å². The fourth-order valence-electron chi connectivity index (χ4n) is 3.46. The molecular formula is C27H24Cl2N2O2. The number of hydrogen-bond donors (Lipinski definition) is 1. The number of aryl methyl sites for hydroxylation is 2. The minimum Gasteiger partial charge on any atom is -0.494 e. The average Bonchev–Trinajstić information content (AvgIpc) is 2.77. The molecule has 6 heteroatoms. The van der Waals surface area contributed by atoms with Gasteiger partial charge in [0.1, 0.15) is 17.4 Å². The molecule has 0 atom stereocenters. The lowest BCUT2D eigenvalue weighted by atomic mass is 10.0. The van der Waals surface area contributed by atoms with E-state index in [2.05, 4.69) is 5.32 Å². The number of hydrogen-bond acceptors (Lipinski definition) is 3. The molecule has 0 heterocycles. The monoisotopic (exact) mass is 478 g/mol. The van der Waals surface area contributed by atoms with Crippen LogP contribution in [-0.4, -0.2) is 12.5 Å². The molecule has 0 aliphatic heterocycles. The summed E-state index contributed by atoms with van der Waals surface area (Å²) >= 11 is 12.9. The van der Waals surface area contributed by atoms with Crippen molar-refractivity contribution in [2.75, 3.05) is 11.9 Å². The van der Waals surface area contributed by atoms with E-state index in [1.54, 1.807) is 12.1 Å². The molecule has 0 spiro atoms. The summed E-state index contributed by atoms with van der Waals surface area (Å²) in [5.41, 5.74) is 4.96. The Morgan fingerprint density at radius 3 is 2.52 bits per heavy atom. The summed E-state index contributed by atoms with van der Waals surface area (Å²) in [4.78, 5) is 12.7. The Bertz CT molecular complexity index is 1260. The zero-order valence-electron chi connectivity index (χ0n) is 18.7. The van der Waals surface area contributed by atoms with Gasteiger partial charge in [-0.3, -0.25) is 4.79 Å². The molecule has 0 aromatic heterocycles. The maximum absolute atomic E-state index is 12.7. The molecule has 1 amide bonds. The second kappa shape index (κ2) is 11.0. The van der Waals surface area contributed by atoms with Crippen LogP contribution in [0.2, 0.25) is 10.0 Å². The van der Waals surface area contributed by atoms with Gasteiger partial charge in [-0.1, -0.05) is 59.1 Å². The van der Waals surface area contributed by atoms with E-state index in [1.807, 2.05) is 69.3 Å². The molecule has 33 heavy (non-hydrogen) atoms. The van der Waals surface area contributed by atoms with Gasteiger partial charge in [-0.2, -0.15) is 5.26 Å². The van der Waals surface area contributed by atoms with Crippen LogP contribution in [0, 0.1) is 25.2 Å². The minimum atomic E-state index is -0.487. The molecule has 3 rings (SSSR count). The lowest BCUT2D eigenvalue weighted by molar-refractivity contribution is -0.112. The van der Waals surface area contributed by atoms with Crippen LogP contribution in [0.25, 0.3) is 6.08 Å². The van der Waals surface area contributed by atoms with Crippen LogP contribution in [0.4, 0.5) is 5.69 Å². The Balaban J connectivity index is 1.93. The fraction of sp³-hybridized carbons (Fsp3) is 0.185. The second-order valence-corrected chi connectivity index (χ2v) is 8.44. The Morgan fingerprint density at radius 1 is 1.09 bits per heavy atom. The smallest absolute Gasteiger partial charge is 0.266 e. The van der Waals surface area contributed by atoms with E-state index >= 15 is 0 Å². The normalized spacial score (nSPS) is 11.1. The number of halogens is 2. The van der Waals surface area contributed by atoms with Crippen molar-refractivity contribution in [3.8, 4) is 11.8 Å². The highest BCUT2D eigenvalue weighted by atomic mass is 35.5. The molecule has 0 saturated heterocycles. The number of ether oxygens (including phenoxy) is 1. The largest absolute Gasteiger partial charge is 0.494 e. The lowest BCUT2D eigenvalue weighted by Crippen LogP contribution is -2.14. The van der Waals surface area contributed by atoms with E-state index in [-0.39, 0.29) is 5.57 Å². The van der Waals surface area contributed by atoms with Gasteiger partial charge in [0, 0.05) is 27.7 Å². The predicted octanol–water partition coefficient (Wildman–Crippen LogP) is 7.15. The standard InChI is InChI=1S/C27H24Cl2N2O2/c1-4-33-26-14-19(13-24(29)22(26)15-20-7-5-6-8-23(20)28)12-21(16-30)27(32)31-25-10-9-17(2)11-18(25)3/h5-14H,4,15H2,1-3H3,(H,31,32)/b21-12+. The van der Waals surface area contributed by atoms with Crippen LogP contribution in [-0.2, 0) is 11.2 Å². The molecule has 0 saturated carbocycles. The van der Waals surface area contributed by atoms with Crippen LogP contribution < -0.4 is 10.1 Å². The molecule has 0 fully saturated rings. The molecule has 0 bridgehead atoms. The van der Waals surface area contributed by atoms with Gasteiger partial charge in [-0.05, 0) is 67.8 Å². The number of carbonyl (C=O) groups is 1. The van der Waals surface area contributed by atoms with Gasteiger partial charge in [0.05, 0.1) is 6.61 Å². The summed E-state index contributed by atoms with van der Waals surface area (Å²) in [5, 5.41) is 13.5. The van der Waals surface area contributed by atoms with Gasteiger partial charge in [0.25, 0.3) is 5.91 Å². The summed E-state index contributed by atoms with van der Waals surface area (Å²) in [6, 6.07) is 18.7. The number of anilines is 1. The lowest BCUT2D eigenvalue weighted by Gasteiger charge is -2.14. The molecule has 3 aromatic carbocycles. The molecule has 0 aliphatic rings. The molecule has 0 unspecified atom stereocenters. The number of benzene rings is 3. The highest BCUT2D eigenvalue weighted by molar-refractivity contribution is 6.32. The molecule has 1 N–H and O–H groups in total. The summed E-state index contributed by atoms with van der Waals surface area (Å²) in [6.45, 7) is 6.21. The highest BCUT2D eigenvalue weighted by Gasteiger charge is 2.15. The first-order valence-corrected chi connectivity index (χ1v) is 11.3. The Labute approximate surface area is 204 Å². The topological polar surface area (TPSA) is 62.1 Å². The Kier molecular flexibility index (Phi) is 8.16. The highest BCUT2D eigenvalue weighted by Crippen LogP contribution is 2.33. The van der Waals surface area contributed by atoms with E-state index in [9.17, 15) is 10.1 Å². The first kappa shape index (κ1) is 24.4. The number of nitrogens with zero attached hydrogens (tertiary/aromatic N) is 1. The molecule has 0 radical (unpaired) electrons. The number of nitriles is 1. The van der Waals surface area contributed by atoms with Gasteiger partial charge in [0.15, 0.2) is 0 Å². The molecule has 3 aromatic rings. The SMILES string of the molecule is CCOc1cc(/C=C(\C#N)C(=O)Nc2ccc(C)cc2C)cc(Cl)c1Cc1ccccc1Cl. The van der Waals surface area contributed by atoms with E-state index < -0.39 is 5.91 Å². The quantitative estimate of drug-likeness (QED) is 0.289. The van der Waals surface area contributed by atoms with Crippen molar-refractivity contribution >= 4 is 40.9 Å². The van der Waals surface area contributed by atoms with Crippen molar-refractivity contribution in [2.45, 2.75) is 27.2 Å². The third kappa shape index (κ3) is 6.16. The maximum atomic E-state index is 12.7. The number of nitrogens with one attached hydrogen (secondary N) is 1. The zero-order valence-corrected chi connectivity index (χ0v) is 20.2. The first-order valence-electron chi connectivity index (χ1n) is 10.5. The van der Waals surface area contributed by atoms with Crippen LogP contribution in [0.3, 0.4) is 0 Å². The zero-order chi connectivity index (χ0) is 24.0. The van der Waals surface area contributed by atoms with Gasteiger partial charge in [-0.25, -0.2) is 0 Å². The average molecular weight is 479 g/mol. The molecule has 0 aliphatic carbocycles. The van der Waals surface area contributed by atoms with Crippen molar-refractivity contribution in [1.29, 1.82) is 5.26 Å². The van der Waals surface area contributed by atoms with Crippen LogP contribution >= 0.6 is 23.2 Å². The van der Waals surface area contributed by atoms with Crippen LogP contribution in [0.1, 0.15) is 34.7 Å². The van der Waals surface area contributed by atoms with E-state index in [0.29, 0.717) is 40.1 Å². The number of amides is 1. The van der Waals surface area contributed by atoms with Crippen LogP contribution in [0.15, 0.2) is 60.2 Å². The number of rotatable bonds is 7. The van der Waals surface area contributed by atoms with Crippen molar-refractivity contribution < 1.29 is 9.53 Å². The summed E-state index contributed by atoms with van der Waals surface area (Å²) < 4.78 is 5.83. The third-order valence-corrected chi connectivity index (χ3v) is 5.81. The molecule has 4 nitrogen and oxygen atoms in total. The summed E-state index contributed by atoms with van der Waals surface area (Å²) in [7, 11) is 0. The number of carbonyl (C=O) groups excluding carboxylic acids is 1. The summed E-state index contributed by atoms with van der Waals surface area (Å²) in [6.07, 6.45) is 2.00. The van der Waals surface area contributed by atoms with Crippen molar-refractivity contribution in [3.05, 3.63) is 98.0 Å². The Hall–Kier alpha value is -3.26. The maximum Gasteiger partial charge on any atom is 0.266 e.